The monoisotopic (exact) mass is 537 g/mol. The first-order chi connectivity index (χ1) is 17.1. The molecule has 0 aliphatic carbocycles. The minimum atomic E-state index is -3.57. The number of hydrogen-bond acceptors (Lipinski definition) is 5. The summed E-state index contributed by atoms with van der Waals surface area (Å²) in [7, 11) is -2.03. The zero-order chi connectivity index (χ0) is 26.7. The Labute approximate surface area is 219 Å². The summed E-state index contributed by atoms with van der Waals surface area (Å²) in [5, 5.41) is 3.39. The van der Waals surface area contributed by atoms with Crippen LogP contribution >= 0.6 is 11.6 Å². The van der Waals surface area contributed by atoms with E-state index in [0.29, 0.717) is 23.0 Å². The number of halogens is 1. The zero-order valence-electron chi connectivity index (χ0n) is 21.4. The number of nitrogens with zero attached hydrogens (tertiary/aromatic N) is 2. The van der Waals surface area contributed by atoms with Crippen molar-refractivity contribution in [1.82, 2.24) is 10.2 Å². The quantitative estimate of drug-likeness (QED) is 0.364. The van der Waals surface area contributed by atoms with Crippen molar-refractivity contribution in [2.45, 2.75) is 52.1 Å². The van der Waals surface area contributed by atoms with Crippen LogP contribution in [0.25, 0.3) is 0 Å². The second-order valence-corrected chi connectivity index (χ2v) is 10.9. The lowest BCUT2D eigenvalue weighted by molar-refractivity contribution is -0.140. The molecule has 0 aliphatic heterocycles. The normalized spacial score (nSPS) is 12.0. The molecule has 0 saturated carbocycles. The number of amides is 2. The average molecular weight is 538 g/mol. The van der Waals surface area contributed by atoms with Crippen molar-refractivity contribution in [3.8, 4) is 5.75 Å². The van der Waals surface area contributed by atoms with Gasteiger partial charge in [0.05, 0.1) is 19.1 Å². The van der Waals surface area contributed by atoms with Crippen LogP contribution in [0.5, 0.6) is 5.75 Å². The summed E-state index contributed by atoms with van der Waals surface area (Å²) in [5.41, 5.74) is 1.22. The lowest BCUT2D eigenvalue weighted by Gasteiger charge is -2.29. The molecular weight excluding hydrogens is 502 g/mol. The standard InChI is InChI=1S/C26H36ClN3O5S/c1-5-6-17-28-26(32)20(2)29(19-21-10-7-8-11-24(21)27)25(31)12-9-18-30(36(4,33)34)22-13-15-23(35-3)16-14-22/h7-8,10-11,13-16,20H,5-6,9,12,17-19H2,1-4H3,(H,28,32). The highest BCUT2D eigenvalue weighted by atomic mass is 35.5. The Hall–Kier alpha value is -2.78. The van der Waals surface area contributed by atoms with E-state index in [1.54, 1.807) is 43.3 Å². The van der Waals surface area contributed by atoms with Gasteiger partial charge in [-0.2, -0.15) is 0 Å². The van der Waals surface area contributed by atoms with E-state index in [-0.39, 0.29) is 37.7 Å². The maximum Gasteiger partial charge on any atom is 0.242 e. The first-order valence-corrected chi connectivity index (χ1v) is 14.2. The summed E-state index contributed by atoms with van der Waals surface area (Å²) in [6, 6.07) is 13.2. The molecule has 1 unspecified atom stereocenters. The number of methoxy groups -OCH3 is 1. The molecule has 0 saturated heterocycles. The van der Waals surface area contributed by atoms with E-state index < -0.39 is 16.1 Å². The minimum absolute atomic E-state index is 0.0687. The molecule has 36 heavy (non-hydrogen) atoms. The van der Waals surface area contributed by atoms with Gasteiger partial charge in [0.15, 0.2) is 0 Å². The van der Waals surface area contributed by atoms with E-state index in [2.05, 4.69) is 5.32 Å². The Morgan fingerprint density at radius 3 is 2.33 bits per heavy atom. The average Bonchev–Trinajstić information content (AvgIpc) is 2.85. The molecule has 198 valence electrons. The number of carbonyl (C=O) groups is 2. The first-order valence-electron chi connectivity index (χ1n) is 12.0. The van der Waals surface area contributed by atoms with E-state index in [1.807, 2.05) is 19.1 Å². The summed E-state index contributed by atoms with van der Waals surface area (Å²) >= 11 is 6.32. The predicted octanol–water partition coefficient (Wildman–Crippen LogP) is 4.23. The fourth-order valence-corrected chi connectivity index (χ4v) is 4.84. The molecule has 10 heteroatoms. The van der Waals surface area contributed by atoms with Gasteiger partial charge in [-0.15, -0.1) is 0 Å². The largest absolute Gasteiger partial charge is 0.497 e. The molecule has 2 rings (SSSR count). The third kappa shape index (κ3) is 8.71. The van der Waals surface area contributed by atoms with Crippen LogP contribution in [-0.2, 0) is 26.2 Å². The molecular formula is C26H36ClN3O5S. The number of benzene rings is 2. The van der Waals surface area contributed by atoms with E-state index >= 15 is 0 Å². The van der Waals surface area contributed by atoms with Gasteiger partial charge in [0.2, 0.25) is 21.8 Å². The second kappa shape index (κ2) is 14.1. The number of rotatable bonds is 14. The molecule has 1 atom stereocenters. The number of nitrogens with one attached hydrogen (secondary N) is 1. The number of anilines is 1. The Bertz CT molecular complexity index is 1110. The highest BCUT2D eigenvalue weighted by Crippen LogP contribution is 2.23. The van der Waals surface area contributed by atoms with Crippen LogP contribution < -0.4 is 14.4 Å². The van der Waals surface area contributed by atoms with Crippen molar-refractivity contribution in [1.29, 1.82) is 0 Å². The van der Waals surface area contributed by atoms with Gasteiger partial charge in [-0.05, 0) is 55.7 Å². The van der Waals surface area contributed by atoms with Gasteiger partial charge in [-0.25, -0.2) is 8.42 Å². The molecule has 0 radical (unpaired) electrons. The van der Waals surface area contributed by atoms with Gasteiger partial charge in [0.1, 0.15) is 11.8 Å². The zero-order valence-corrected chi connectivity index (χ0v) is 22.9. The Kier molecular flexibility index (Phi) is 11.5. The number of carbonyl (C=O) groups excluding carboxylic acids is 2. The highest BCUT2D eigenvalue weighted by molar-refractivity contribution is 7.92. The predicted molar refractivity (Wildman–Crippen MR) is 144 cm³/mol. The van der Waals surface area contributed by atoms with Crippen molar-refractivity contribution in [3.63, 3.8) is 0 Å². The van der Waals surface area contributed by atoms with Crippen LogP contribution in [0.2, 0.25) is 5.02 Å². The van der Waals surface area contributed by atoms with Gasteiger partial charge in [0.25, 0.3) is 0 Å². The van der Waals surface area contributed by atoms with Crippen molar-refractivity contribution < 1.29 is 22.7 Å². The van der Waals surface area contributed by atoms with Crippen LogP contribution in [0.15, 0.2) is 48.5 Å². The third-order valence-corrected chi connectivity index (χ3v) is 7.37. The van der Waals surface area contributed by atoms with Gasteiger partial charge >= 0.3 is 0 Å². The molecule has 1 N–H and O–H groups in total. The third-order valence-electron chi connectivity index (χ3n) is 5.81. The first kappa shape index (κ1) is 29.5. The Morgan fingerprint density at radius 1 is 1.08 bits per heavy atom. The second-order valence-electron chi connectivity index (χ2n) is 8.57. The van der Waals surface area contributed by atoms with E-state index in [4.69, 9.17) is 16.3 Å². The lowest BCUT2D eigenvalue weighted by atomic mass is 10.1. The smallest absolute Gasteiger partial charge is 0.242 e. The maximum absolute atomic E-state index is 13.3. The molecule has 2 aromatic carbocycles. The summed E-state index contributed by atoms with van der Waals surface area (Å²) in [4.78, 5) is 27.6. The Balaban J connectivity index is 2.15. The van der Waals surface area contributed by atoms with E-state index in [9.17, 15) is 18.0 Å². The van der Waals surface area contributed by atoms with Gasteiger partial charge < -0.3 is 15.0 Å². The summed E-state index contributed by atoms with van der Waals surface area (Å²) in [6.45, 7) is 4.56. The van der Waals surface area contributed by atoms with Crippen molar-refractivity contribution >= 4 is 39.1 Å². The topological polar surface area (TPSA) is 96.0 Å². The maximum atomic E-state index is 13.3. The van der Waals surface area contributed by atoms with E-state index in [0.717, 1.165) is 24.7 Å². The van der Waals surface area contributed by atoms with Crippen molar-refractivity contribution in [3.05, 3.63) is 59.1 Å². The van der Waals surface area contributed by atoms with Crippen molar-refractivity contribution in [2.24, 2.45) is 0 Å². The van der Waals surface area contributed by atoms with Gasteiger partial charge in [0, 0.05) is 31.1 Å². The highest BCUT2D eigenvalue weighted by Gasteiger charge is 2.27. The van der Waals surface area contributed by atoms with Crippen LogP contribution in [-0.4, -0.2) is 57.6 Å². The molecule has 0 heterocycles. The van der Waals surface area contributed by atoms with Gasteiger partial charge in [-0.1, -0.05) is 43.1 Å². The van der Waals surface area contributed by atoms with Crippen LogP contribution in [0.4, 0.5) is 5.69 Å². The van der Waals surface area contributed by atoms with E-state index in [1.165, 1.54) is 16.3 Å². The Morgan fingerprint density at radius 2 is 1.75 bits per heavy atom. The van der Waals surface area contributed by atoms with Crippen molar-refractivity contribution in [2.75, 3.05) is 30.8 Å². The molecule has 0 aliphatic rings. The van der Waals surface area contributed by atoms with Crippen LogP contribution in [0.3, 0.4) is 0 Å². The summed E-state index contributed by atoms with van der Waals surface area (Å²) in [5.74, 6) is 0.125. The number of ether oxygens (including phenoxy) is 1. The summed E-state index contributed by atoms with van der Waals surface area (Å²) < 4.78 is 31.3. The van der Waals surface area contributed by atoms with Gasteiger partial charge in [-0.3, -0.25) is 13.9 Å². The molecule has 2 aromatic rings. The number of sulfonamides is 1. The fraction of sp³-hybridized carbons (Fsp3) is 0.462. The summed E-state index contributed by atoms with van der Waals surface area (Å²) in [6.07, 6.45) is 3.28. The number of unbranched alkanes of at least 4 members (excludes halogenated alkanes) is 1. The van der Waals surface area contributed by atoms with Crippen LogP contribution in [0.1, 0.15) is 45.1 Å². The minimum Gasteiger partial charge on any atom is -0.497 e. The van der Waals surface area contributed by atoms with Crippen LogP contribution in [0, 0.1) is 0 Å². The SMILES string of the molecule is CCCCNC(=O)C(C)N(Cc1ccccc1Cl)C(=O)CCCN(c1ccc(OC)cc1)S(C)(=O)=O. The fourth-order valence-electron chi connectivity index (χ4n) is 3.68. The molecule has 0 fully saturated rings. The molecule has 0 bridgehead atoms. The molecule has 0 spiro atoms. The molecule has 0 aromatic heterocycles. The number of hydrogen-bond donors (Lipinski definition) is 1. The molecule has 2 amide bonds. The lowest BCUT2D eigenvalue weighted by Crippen LogP contribution is -2.48. The molecule has 8 nitrogen and oxygen atoms in total.